The van der Waals surface area contributed by atoms with E-state index in [1.54, 1.807) is 36.0 Å². The van der Waals surface area contributed by atoms with Crippen molar-refractivity contribution in [2.45, 2.75) is 0 Å². The van der Waals surface area contributed by atoms with E-state index in [0.717, 1.165) is 5.75 Å². The molecule has 0 aliphatic heterocycles. The van der Waals surface area contributed by atoms with Crippen molar-refractivity contribution in [3.8, 4) is 0 Å². The number of anilines is 1. The van der Waals surface area contributed by atoms with Crippen molar-refractivity contribution in [1.29, 1.82) is 0 Å². The summed E-state index contributed by atoms with van der Waals surface area (Å²) in [7, 11) is 1.77. The normalized spacial score (nSPS) is 10.0. The smallest absolute Gasteiger partial charge is 0.257 e. The van der Waals surface area contributed by atoms with Gasteiger partial charge in [0, 0.05) is 37.4 Å². The van der Waals surface area contributed by atoms with Crippen LogP contribution < -0.4 is 5.73 Å². The summed E-state index contributed by atoms with van der Waals surface area (Å²) in [6.45, 7) is 0.717. The van der Waals surface area contributed by atoms with Crippen LogP contribution >= 0.6 is 11.8 Å². The monoisotopic (exact) mass is 225 g/mol. The second kappa shape index (κ2) is 5.60. The molecule has 1 rings (SSSR count). The lowest BCUT2D eigenvalue weighted by molar-refractivity contribution is 0.0804. The minimum absolute atomic E-state index is 0.0744. The Morgan fingerprint density at radius 1 is 1.67 bits per heavy atom. The molecule has 0 fully saturated rings. The third kappa shape index (κ3) is 3.13. The highest BCUT2D eigenvalue weighted by Crippen LogP contribution is 2.11. The van der Waals surface area contributed by atoms with Crippen molar-refractivity contribution in [2.24, 2.45) is 0 Å². The summed E-state index contributed by atoms with van der Waals surface area (Å²) in [6.07, 6.45) is 5.10. The number of thioether (sulfide) groups is 1. The molecule has 0 aromatic carbocycles. The first-order chi connectivity index (χ1) is 7.16. The van der Waals surface area contributed by atoms with Gasteiger partial charge >= 0.3 is 0 Å². The highest BCUT2D eigenvalue weighted by Gasteiger charge is 2.13. The number of pyridine rings is 1. The predicted molar refractivity (Wildman–Crippen MR) is 64.0 cm³/mol. The number of carbonyl (C=O) groups excluding carboxylic acids is 1. The minimum Gasteiger partial charge on any atom is -0.398 e. The van der Waals surface area contributed by atoms with E-state index in [1.165, 1.54) is 6.20 Å². The van der Waals surface area contributed by atoms with Crippen LogP contribution in [0.3, 0.4) is 0 Å². The van der Waals surface area contributed by atoms with Gasteiger partial charge in [-0.15, -0.1) is 0 Å². The molecule has 15 heavy (non-hydrogen) atoms. The van der Waals surface area contributed by atoms with Crippen LogP contribution in [-0.4, -0.2) is 41.4 Å². The van der Waals surface area contributed by atoms with Gasteiger partial charge in [-0.2, -0.15) is 11.8 Å². The van der Waals surface area contributed by atoms with E-state index in [2.05, 4.69) is 4.98 Å². The molecule has 2 N–H and O–H groups in total. The first-order valence-electron chi connectivity index (χ1n) is 4.60. The van der Waals surface area contributed by atoms with Gasteiger partial charge in [0.25, 0.3) is 5.91 Å². The Bertz CT molecular complexity index is 343. The summed E-state index contributed by atoms with van der Waals surface area (Å²) in [4.78, 5) is 17.4. The molecule has 0 unspecified atom stereocenters. The maximum atomic E-state index is 11.9. The van der Waals surface area contributed by atoms with Crippen LogP contribution in [0.25, 0.3) is 0 Å². The van der Waals surface area contributed by atoms with Crippen LogP contribution in [0.5, 0.6) is 0 Å². The lowest BCUT2D eigenvalue weighted by atomic mass is 10.2. The van der Waals surface area contributed by atoms with Crippen LogP contribution in [0.1, 0.15) is 10.4 Å². The van der Waals surface area contributed by atoms with E-state index >= 15 is 0 Å². The number of hydrogen-bond acceptors (Lipinski definition) is 4. The standard InChI is InChI=1S/C10H15N3OS/c1-13(5-6-15-2)10(14)8-7-12-4-3-9(8)11/h3-4,7H,5-6H2,1-2H3,(H2,11,12). The van der Waals surface area contributed by atoms with Crippen LogP contribution in [-0.2, 0) is 0 Å². The molecule has 0 bridgehead atoms. The first-order valence-corrected chi connectivity index (χ1v) is 6.00. The van der Waals surface area contributed by atoms with E-state index < -0.39 is 0 Å². The molecule has 1 aromatic rings. The molecule has 0 spiro atoms. The molecular formula is C10H15N3OS. The van der Waals surface area contributed by atoms with E-state index in [9.17, 15) is 4.79 Å². The number of nitrogens with zero attached hydrogens (tertiary/aromatic N) is 2. The van der Waals surface area contributed by atoms with Crippen LogP contribution in [0.2, 0.25) is 0 Å². The lowest BCUT2D eigenvalue weighted by Crippen LogP contribution is -2.29. The van der Waals surface area contributed by atoms with Gasteiger partial charge in [-0.1, -0.05) is 0 Å². The molecule has 0 aliphatic carbocycles. The van der Waals surface area contributed by atoms with Crippen LogP contribution in [0.4, 0.5) is 5.69 Å². The number of aromatic nitrogens is 1. The highest BCUT2D eigenvalue weighted by atomic mass is 32.2. The summed E-state index contributed by atoms with van der Waals surface area (Å²) in [6, 6.07) is 1.63. The largest absolute Gasteiger partial charge is 0.398 e. The second-order valence-corrected chi connectivity index (χ2v) is 4.17. The number of carbonyl (C=O) groups is 1. The summed E-state index contributed by atoms with van der Waals surface area (Å²) >= 11 is 1.71. The molecule has 0 atom stereocenters. The van der Waals surface area contributed by atoms with Crippen molar-refractivity contribution in [3.05, 3.63) is 24.0 Å². The van der Waals surface area contributed by atoms with Crippen molar-refractivity contribution in [3.63, 3.8) is 0 Å². The molecule has 82 valence electrons. The SMILES string of the molecule is CSCCN(C)C(=O)c1cnccc1N. The Labute approximate surface area is 93.9 Å². The zero-order valence-corrected chi connectivity index (χ0v) is 9.75. The second-order valence-electron chi connectivity index (χ2n) is 3.18. The summed E-state index contributed by atoms with van der Waals surface area (Å²) in [5.41, 5.74) is 6.65. The van der Waals surface area contributed by atoms with Crippen molar-refractivity contribution >= 4 is 23.4 Å². The maximum absolute atomic E-state index is 11.9. The minimum atomic E-state index is -0.0744. The summed E-state index contributed by atoms with van der Waals surface area (Å²) in [5.74, 6) is 0.845. The fraction of sp³-hybridized carbons (Fsp3) is 0.400. The molecule has 0 saturated carbocycles. The maximum Gasteiger partial charge on any atom is 0.257 e. The van der Waals surface area contributed by atoms with Gasteiger partial charge in [0.1, 0.15) is 0 Å². The van der Waals surface area contributed by atoms with E-state index in [1.807, 2.05) is 6.26 Å². The molecule has 1 aromatic heterocycles. The zero-order valence-electron chi connectivity index (χ0n) is 8.93. The Balaban J connectivity index is 2.72. The third-order valence-corrected chi connectivity index (χ3v) is 2.65. The average Bonchev–Trinajstić information content (AvgIpc) is 2.25. The number of rotatable bonds is 4. The van der Waals surface area contributed by atoms with E-state index in [-0.39, 0.29) is 5.91 Å². The number of hydrogen-bond donors (Lipinski definition) is 1. The molecule has 0 saturated heterocycles. The Morgan fingerprint density at radius 3 is 3.00 bits per heavy atom. The fourth-order valence-corrected chi connectivity index (χ4v) is 1.58. The molecule has 5 heteroatoms. The van der Waals surface area contributed by atoms with Crippen molar-refractivity contribution in [2.75, 3.05) is 31.3 Å². The average molecular weight is 225 g/mol. The quantitative estimate of drug-likeness (QED) is 0.833. The first kappa shape index (κ1) is 11.8. The fourth-order valence-electron chi connectivity index (χ4n) is 1.12. The Hall–Kier alpha value is -1.23. The van der Waals surface area contributed by atoms with Gasteiger partial charge in [-0.05, 0) is 12.3 Å². The van der Waals surface area contributed by atoms with Crippen molar-refractivity contribution in [1.82, 2.24) is 9.88 Å². The molecule has 1 heterocycles. The molecular weight excluding hydrogens is 210 g/mol. The Morgan fingerprint density at radius 2 is 2.40 bits per heavy atom. The zero-order chi connectivity index (χ0) is 11.3. The van der Waals surface area contributed by atoms with Crippen LogP contribution in [0.15, 0.2) is 18.5 Å². The Kier molecular flexibility index (Phi) is 4.42. The summed E-state index contributed by atoms with van der Waals surface area (Å²) < 4.78 is 0. The van der Waals surface area contributed by atoms with E-state index in [4.69, 9.17) is 5.73 Å². The topological polar surface area (TPSA) is 59.2 Å². The molecule has 0 aliphatic rings. The van der Waals surface area contributed by atoms with E-state index in [0.29, 0.717) is 17.8 Å². The summed E-state index contributed by atoms with van der Waals surface area (Å²) in [5, 5.41) is 0. The van der Waals surface area contributed by atoms with Gasteiger partial charge in [0.05, 0.1) is 5.56 Å². The van der Waals surface area contributed by atoms with Gasteiger partial charge in [-0.25, -0.2) is 0 Å². The van der Waals surface area contributed by atoms with Gasteiger partial charge < -0.3 is 10.6 Å². The highest BCUT2D eigenvalue weighted by molar-refractivity contribution is 7.98. The van der Waals surface area contributed by atoms with Crippen LogP contribution in [0, 0.1) is 0 Å². The molecule has 4 nitrogen and oxygen atoms in total. The van der Waals surface area contributed by atoms with Crippen molar-refractivity contribution < 1.29 is 4.79 Å². The number of amides is 1. The number of nitrogen functional groups attached to an aromatic ring is 1. The lowest BCUT2D eigenvalue weighted by Gasteiger charge is -2.17. The van der Waals surface area contributed by atoms with Gasteiger partial charge in [0.15, 0.2) is 0 Å². The van der Waals surface area contributed by atoms with Gasteiger partial charge in [-0.3, -0.25) is 9.78 Å². The molecule has 1 amide bonds. The third-order valence-electron chi connectivity index (χ3n) is 2.06. The predicted octanol–water partition coefficient (Wildman–Crippen LogP) is 1.10. The molecule has 0 radical (unpaired) electrons. The number of nitrogens with two attached hydrogens (primary N) is 1. The van der Waals surface area contributed by atoms with Gasteiger partial charge in [0.2, 0.25) is 0 Å².